The van der Waals surface area contributed by atoms with E-state index in [1.54, 1.807) is 7.11 Å². The van der Waals surface area contributed by atoms with Crippen molar-refractivity contribution in [3.63, 3.8) is 0 Å². The normalized spacial score (nSPS) is 28.4. The predicted molar refractivity (Wildman–Crippen MR) is 119 cm³/mol. The summed E-state index contributed by atoms with van der Waals surface area (Å²) >= 11 is 0. The van der Waals surface area contributed by atoms with Crippen molar-refractivity contribution in [2.75, 3.05) is 20.8 Å². The van der Waals surface area contributed by atoms with Crippen LogP contribution in [0.15, 0.2) is 36.4 Å². The summed E-state index contributed by atoms with van der Waals surface area (Å²) in [5.41, 5.74) is 0.746. The third kappa shape index (κ3) is 6.54. The molecule has 2 aliphatic heterocycles. The van der Waals surface area contributed by atoms with E-state index >= 15 is 0 Å². The lowest BCUT2D eigenvalue weighted by Gasteiger charge is -2.20. The van der Waals surface area contributed by atoms with E-state index in [2.05, 4.69) is 13.0 Å². The number of carbonyl (C=O) groups is 1. The Kier molecular flexibility index (Phi) is 7.98. The molecule has 0 N–H and O–H groups in total. The van der Waals surface area contributed by atoms with E-state index in [9.17, 15) is 4.79 Å². The summed E-state index contributed by atoms with van der Waals surface area (Å²) in [5.74, 6) is -0.267. The van der Waals surface area contributed by atoms with Crippen molar-refractivity contribution < 1.29 is 33.2 Å². The molecule has 0 aliphatic carbocycles. The van der Waals surface area contributed by atoms with E-state index in [1.165, 1.54) is 7.11 Å². The number of rotatable bonds is 11. The standard InChI is InChI=1S/C25H36O7/c1-17(22(23(26)28-6)29-15-18-9-11-19(27-5)12-10-18)8-7-13-25(4)21(32-25)14-20-16-30-24(2,3)31-20/h7-12,17,20-22H,13-16H2,1-6H3/b8-7+/t17-,20-,21?,22+,25?/m0/s1. The topological polar surface area (TPSA) is 75.8 Å². The number of hydrogen-bond donors (Lipinski definition) is 0. The molecular formula is C25H36O7. The van der Waals surface area contributed by atoms with Gasteiger partial charge in [0.2, 0.25) is 0 Å². The van der Waals surface area contributed by atoms with E-state index < -0.39 is 11.9 Å². The van der Waals surface area contributed by atoms with Gasteiger partial charge in [0.1, 0.15) is 5.75 Å². The van der Waals surface area contributed by atoms with E-state index in [0.29, 0.717) is 13.2 Å². The van der Waals surface area contributed by atoms with Crippen LogP contribution in [0.4, 0.5) is 0 Å². The zero-order valence-corrected chi connectivity index (χ0v) is 20.0. The molecule has 178 valence electrons. The Morgan fingerprint density at radius 2 is 1.91 bits per heavy atom. The number of benzene rings is 1. The second kappa shape index (κ2) is 10.3. The van der Waals surface area contributed by atoms with E-state index in [4.69, 9.17) is 28.4 Å². The Labute approximate surface area is 191 Å². The highest BCUT2D eigenvalue weighted by Crippen LogP contribution is 2.44. The van der Waals surface area contributed by atoms with Crippen LogP contribution >= 0.6 is 0 Å². The van der Waals surface area contributed by atoms with Crippen LogP contribution in [0, 0.1) is 5.92 Å². The van der Waals surface area contributed by atoms with Crippen LogP contribution in [0.25, 0.3) is 0 Å². The molecule has 2 unspecified atom stereocenters. The van der Waals surface area contributed by atoms with Gasteiger partial charge in [0.05, 0.1) is 45.2 Å². The largest absolute Gasteiger partial charge is 0.497 e. The number of epoxide rings is 1. The zero-order valence-electron chi connectivity index (χ0n) is 20.0. The molecular weight excluding hydrogens is 412 g/mol. The second-order valence-electron chi connectivity index (χ2n) is 9.20. The molecule has 3 rings (SSSR count). The molecule has 2 saturated heterocycles. The fraction of sp³-hybridized carbons (Fsp3) is 0.640. The van der Waals surface area contributed by atoms with Crippen LogP contribution in [-0.4, -0.2) is 56.5 Å². The van der Waals surface area contributed by atoms with Crippen LogP contribution in [0.5, 0.6) is 5.75 Å². The van der Waals surface area contributed by atoms with Gasteiger partial charge in [0.15, 0.2) is 11.9 Å². The first-order valence-electron chi connectivity index (χ1n) is 11.1. The summed E-state index contributed by atoms with van der Waals surface area (Å²) < 4.78 is 33.5. The first-order valence-corrected chi connectivity index (χ1v) is 11.1. The van der Waals surface area contributed by atoms with Crippen molar-refractivity contribution in [1.29, 1.82) is 0 Å². The maximum atomic E-state index is 12.3. The van der Waals surface area contributed by atoms with Crippen LogP contribution < -0.4 is 4.74 Å². The Morgan fingerprint density at radius 3 is 2.50 bits per heavy atom. The van der Waals surface area contributed by atoms with E-state index in [-0.39, 0.29) is 29.7 Å². The summed E-state index contributed by atoms with van der Waals surface area (Å²) in [7, 11) is 3.00. The first-order chi connectivity index (χ1) is 15.2. The highest BCUT2D eigenvalue weighted by molar-refractivity contribution is 5.75. The van der Waals surface area contributed by atoms with Crippen LogP contribution in [0.3, 0.4) is 0 Å². The average molecular weight is 449 g/mol. The Balaban J connectivity index is 1.48. The molecule has 0 radical (unpaired) electrons. The third-order valence-corrected chi connectivity index (χ3v) is 6.04. The summed E-state index contributed by atoms with van der Waals surface area (Å²) in [6, 6.07) is 7.57. The van der Waals surface area contributed by atoms with Crippen molar-refractivity contribution in [3.8, 4) is 5.75 Å². The third-order valence-electron chi connectivity index (χ3n) is 6.04. The fourth-order valence-corrected chi connectivity index (χ4v) is 3.96. The molecule has 1 aromatic rings. The molecule has 1 aromatic carbocycles. The van der Waals surface area contributed by atoms with Crippen molar-refractivity contribution in [1.82, 2.24) is 0 Å². The molecule has 5 atom stereocenters. The number of esters is 1. The second-order valence-corrected chi connectivity index (χ2v) is 9.20. The smallest absolute Gasteiger partial charge is 0.335 e. The SMILES string of the molecule is COC(=O)[C@H](OCc1ccc(OC)cc1)[C@@H](C)/C=C/CC1(C)OC1C[C@H]1COC(C)(C)O1. The summed E-state index contributed by atoms with van der Waals surface area (Å²) in [6.45, 7) is 8.82. The number of hydrogen-bond acceptors (Lipinski definition) is 7. The highest BCUT2D eigenvalue weighted by atomic mass is 16.7. The molecule has 0 bridgehead atoms. The van der Waals surface area contributed by atoms with Gasteiger partial charge in [0.25, 0.3) is 0 Å². The molecule has 0 amide bonds. The van der Waals surface area contributed by atoms with Gasteiger partial charge in [-0.25, -0.2) is 4.79 Å². The van der Waals surface area contributed by atoms with Gasteiger partial charge in [-0.05, 0) is 44.9 Å². The number of carbonyl (C=O) groups excluding carboxylic acids is 1. The highest BCUT2D eigenvalue weighted by Gasteiger charge is 2.53. The minimum Gasteiger partial charge on any atom is -0.497 e. The molecule has 32 heavy (non-hydrogen) atoms. The molecule has 7 heteroatoms. The quantitative estimate of drug-likeness (QED) is 0.287. The van der Waals surface area contributed by atoms with E-state index in [1.807, 2.05) is 51.1 Å². The Bertz CT molecular complexity index is 788. The van der Waals surface area contributed by atoms with Gasteiger partial charge in [-0.3, -0.25) is 0 Å². The fourth-order valence-electron chi connectivity index (χ4n) is 3.96. The number of ether oxygens (including phenoxy) is 6. The minimum atomic E-state index is -0.687. The monoisotopic (exact) mass is 448 g/mol. The molecule has 7 nitrogen and oxygen atoms in total. The van der Waals surface area contributed by atoms with Gasteiger partial charge >= 0.3 is 5.97 Å². The van der Waals surface area contributed by atoms with Crippen molar-refractivity contribution in [3.05, 3.63) is 42.0 Å². The van der Waals surface area contributed by atoms with Crippen molar-refractivity contribution in [2.24, 2.45) is 5.92 Å². The van der Waals surface area contributed by atoms with Gasteiger partial charge in [-0.1, -0.05) is 31.2 Å². The predicted octanol–water partition coefficient (Wildman–Crippen LogP) is 4.03. The molecule has 2 heterocycles. The average Bonchev–Trinajstić information content (AvgIpc) is 3.26. The Hall–Kier alpha value is -1.93. The summed E-state index contributed by atoms with van der Waals surface area (Å²) in [5, 5.41) is 0. The molecule has 0 spiro atoms. The lowest BCUT2D eigenvalue weighted by molar-refractivity contribution is -0.157. The molecule has 2 fully saturated rings. The number of methoxy groups -OCH3 is 2. The van der Waals surface area contributed by atoms with Gasteiger partial charge in [-0.15, -0.1) is 0 Å². The molecule has 2 aliphatic rings. The molecule has 0 saturated carbocycles. The maximum absolute atomic E-state index is 12.3. The lowest BCUT2D eigenvalue weighted by Crippen LogP contribution is -2.31. The minimum absolute atomic E-state index is 0.0646. The van der Waals surface area contributed by atoms with Crippen LogP contribution in [-0.2, 0) is 35.1 Å². The van der Waals surface area contributed by atoms with Crippen molar-refractivity contribution in [2.45, 2.75) is 76.8 Å². The van der Waals surface area contributed by atoms with Crippen LogP contribution in [0.2, 0.25) is 0 Å². The van der Waals surface area contributed by atoms with Crippen LogP contribution in [0.1, 0.15) is 46.1 Å². The van der Waals surface area contributed by atoms with Gasteiger partial charge in [-0.2, -0.15) is 0 Å². The molecule has 0 aromatic heterocycles. The summed E-state index contributed by atoms with van der Waals surface area (Å²) in [4.78, 5) is 12.3. The maximum Gasteiger partial charge on any atom is 0.335 e. The van der Waals surface area contributed by atoms with Crippen molar-refractivity contribution >= 4 is 5.97 Å². The first kappa shape index (κ1) is 24.7. The summed E-state index contributed by atoms with van der Waals surface area (Å²) in [6.07, 6.45) is 5.16. The van der Waals surface area contributed by atoms with Gasteiger partial charge in [0, 0.05) is 12.3 Å². The lowest BCUT2D eigenvalue weighted by atomic mass is 9.97. The zero-order chi connectivity index (χ0) is 23.4. The Morgan fingerprint density at radius 1 is 1.19 bits per heavy atom. The van der Waals surface area contributed by atoms with Gasteiger partial charge < -0.3 is 28.4 Å². The van der Waals surface area contributed by atoms with E-state index in [0.717, 1.165) is 24.2 Å².